The number of rotatable bonds is 14. The van der Waals surface area contributed by atoms with E-state index in [1.54, 1.807) is 36.5 Å². The van der Waals surface area contributed by atoms with E-state index in [2.05, 4.69) is 52.2 Å². The van der Waals surface area contributed by atoms with Crippen molar-refractivity contribution in [3.63, 3.8) is 0 Å². The number of nitrogens with two attached hydrogens (primary N) is 5. The topological polar surface area (TPSA) is 391 Å². The number of aromatic nitrogens is 1. The molecule has 18 N–H and O–H groups in total. The molecule has 0 radical (unpaired) electrons. The smallest absolute Gasteiger partial charge is 0.243 e. The molecule has 67 heavy (non-hydrogen) atoms. The molecule has 1 saturated heterocycles. The highest BCUT2D eigenvalue weighted by atomic mass is 16.2. The Morgan fingerprint density at radius 1 is 0.657 bits per heavy atom. The quantitative estimate of drug-likeness (QED) is 0.0442. The van der Waals surface area contributed by atoms with Crippen molar-refractivity contribution in [1.29, 1.82) is 0 Å². The fraction of sp³-hybridized carbons (Fsp3) is 0.455. The van der Waals surface area contributed by atoms with Crippen LogP contribution in [-0.4, -0.2) is 120 Å². The first-order chi connectivity index (χ1) is 32.0. The van der Waals surface area contributed by atoms with Crippen LogP contribution in [0.25, 0.3) is 10.9 Å². The maximum absolute atomic E-state index is 14.7. The molecule has 0 aliphatic carbocycles. The highest BCUT2D eigenvalue weighted by Crippen LogP contribution is 2.20. The lowest BCUT2D eigenvalue weighted by Gasteiger charge is -2.27. The molecule has 3 aromatic rings. The Morgan fingerprint density at radius 2 is 1.19 bits per heavy atom. The van der Waals surface area contributed by atoms with E-state index in [4.69, 9.17) is 28.7 Å². The predicted molar refractivity (Wildman–Crippen MR) is 250 cm³/mol. The summed E-state index contributed by atoms with van der Waals surface area (Å²) in [5.74, 6) is -6.44. The van der Waals surface area contributed by atoms with Crippen LogP contribution in [0.3, 0.4) is 0 Å². The molecule has 1 fully saturated rings. The van der Waals surface area contributed by atoms with Gasteiger partial charge in [-0.2, -0.15) is 0 Å². The zero-order valence-corrected chi connectivity index (χ0v) is 37.5. The number of nitrogens with one attached hydrogen (secondary N) is 8. The summed E-state index contributed by atoms with van der Waals surface area (Å²) in [7, 11) is 0. The summed E-state index contributed by atoms with van der Waals surface area (Å²) >= 11 is 0. The van der Waals surface area contributed by atoms with E-state index < -0.39 is 89.9 Å². The lowest BCUT2D eigenvalue weighted by atomic mass is 10.0. The van der Waals surface area contributed by atoms with Crippen LogP contribution >= 0.6 is 0 Å². The highest BCUT2D eigenvalue weighted by Gasteiger charge is 2.34. The Labute approximate surface area is 387 Å². The van der Waals surface area contributed by atoms with E-state index in [9.17, 15) is 38.4 Å². The molecule has 0 unspecified atom stereocenters. The van der Waals surface area contributed by atoms with Crippen molar-refractivity contribution in [2.45, 2.75) is 107 Å². The van der Waals surface area contributed by atoms with Gasteiger partial charge in [-0.3, -0.25) is 48.3 Å². The molecule has 2 aromatic carbocycles. The molecular weight excluding hydrogens is 867 g/mol. The monoisotopic (exact) mass is 929 g/mol. The molecule has 0 spiro atoms. The van der Waals surface area contributed by atoms with Gasteiger partial charge < -0.3 is 70.9 Å². The van der Waals surface area contributed by atoms with E-state index in [0.29, 0.717) is 24.0 Å². The molecule has 362 valence electrons. The van der Waals surface area contributed by atoms with Gasteiger partial charge >= 0.3 is 0 Å². The standard InChI is InChI=1S/C44H63N15O8/c1-25(60)54-35-23-36(61)50-18-8-7-15-30(37(45)62)55-38(63)31(16-9-19-51-43(46)47)56-40(65)33(21-26-11-3-2-4-12-26)58-41(66)34(22-27-24-53-29-14-6-5-13-28(27)29)59-39(64)32(57-42(35)67)17-10-20-52-44(48)49/h2-6,11-14,24,30-35,53H,7-10,15-23H2,1H3,(H2,45,62)(H,50,61)(H,54,60)(H,55,63)(H,56,65)(H,57,67)(H,58,66)(H,59,64)(H4,46,47,51)(H4,48,49,52)/t30-,31+,32-,33-,34-,35-/m0/s1. The van der Waals surface area contributed by atoms with Crippen LogP contribution in [0.5, 0.6) is 0 Å². The molecule has 23 heteroatoms. The minimum atomic E-state index is -1.42. The number of carbonyl (C=O) groups is 8. The molecule has 1 aromatic heterocycles. The van der Waals surface area contributed by atoms with Crippen LogP contribution in [0.15, 0.2) is 70.8 Å². The Kier molecular flexibility index (Phi) is 20.4. The van der Waals surface area contributed by atoms with Crippen LogP contribution in [0.2, 0.25) is 0 Å². The van der Waals surface area contributed by atoms with Crippen LogP contribution in [0, 0.1) is 0 Å². The summed E-state index contributed by atoms with van der Waals surface area (Å²) in [5, 5.41) is 19.5. The average Bonchev–Trinajstić information content (AvgIpc) is 3.69. The number of amides is 8. The van der Waals surface area contributed by atoms with Gasteiger partial charge in [-0.25, -0.2) is 0 Å². The summed E-state index contributed by atoms with van der Waals surface area (Å²) in [6.45, 7) is 1.43. The fourth-order valence-corrected chi connectivity index (χ4v) is 7.39. The number of fused-ring (bicyclic) bond motifs is 1. The van der Waals surface area contributed by atoms with Crippen LogP contribution in [0.1, 0.15) is 69.4 Å². The molecule has 0 saturated carbocycles. The summed E-state index contributed by atoms with van der Waals surface area (Å²) in [5.41, 5.74) is 29.8. The Bertz CT molecular complexity index is 2260. The third kappa shape index (κ3) is 17.6. The van der Waals surface area contributed by atoms with Crippen LogP contribution < -0.4 is 65.9 Å². The van der Waals surface area contributed by atoms with Gasteiger partial charge in [0.25, 0.3) is 0 Å². The highest BCUT2D eigenvalue weighted by molar-refractivity contribution is 5.98. The van der Waals surface area contributed by atoms with E-state index in [0.717, 1.165) is 17.8 Å². The largest absolute Gasteiger partial charge is 0.370 e. The first-order valence-corrected chi connectivity index (χ1v) is 22.0. The Balaban J connectivity index is 1.79. The summed E-state index contributed by atoms with van der Waals surface area (Å²) in [4.78, 5) is 120. The Morgan fingerprint density at radius 3 is 1.79 bits per heavy atom. The van der Waals surface area contributed by atoms with Crippen molar-refractivity contribution in [2.24, 2.45) is 38.7 Å². The maximum atomic E-state index is 14.7. The number of hydrogen-bond donors (Lipinski definition) is 13. The van der Waals surface area contributed by atoms with Gasteiger partial charge in [0.2, 0.25) is 47.3 Å². The summed E-state index contributed by atoms with van der Waals surface area (Å²) in [6.07, 6.45) is 2.06. The molecule has 8 amide bonds. The molecule has 1 aliphatic rings. The van der Waals surface area contributed by atoms with E-state index in [1.165, 1.54) is 0 Å². The van der Waals surface area contributed by atoms with Crippen LogP contribution in [-0.2, 0) is 51.2 Å². The number of primary amides is 1. The minimum Gasteiger partial charge on any atom is -0.370 e. The zero-order valence-electron chi connectivity index (χ0n) is 37.5. The lowest BCUT2D eigenvalue weighted by molar-refractivity contribution is -0.135. The number of hydrogen-bond acceptors (Lipinski definition) is 10. The second-order valence-corrected chi connectivity index (χ2v) is 16.2. The van der Waals surface area contributed by atoms with E-state index in [1.807, 2.05) is 24.3 Å². The molecule has 1 aliphatic heterocycles. The number of para-hydroxylation sites is 1. The van der Waals surface area contributed by atoms with Crippen molar-refractivity contribution in [2.75, 3.05) is 19.6 Å². The third-order valence-corrected chi connectivity index (χ3v) is 10.8. The number of benzene rings is 2. The molecule has 23 nitrogen and oxygen atoms in total. The summed E-state index contributed by atoms with van der Waals surface area (Å²) in [6, 6.07) is 8.15. The van der Waals surface area contributed by atoms with Crippen molar-refractivity contribution >= 4 is 70.1 Å². The first-order valence-electron chi connectivity index (χ1n) is 22.0. The average molecular weight is 930 g/mol. The molecule has 4 rings (SSSR count). The SMILES string of the molecule is CC(=O)N[C@H]1CC(=O)NCCCC[C@@H](C(N)=O)NC(=O)[C@@H](CCCN=C(N)N)NC(=O)[C@H](Cc2ccccc2)NC(=O)[C@H](Cc2c[nH]c3ccccc23)NC(=O)[C@H](CCCN=C(N)N)NC1=O. The number of guanidine groups is 2. The maximum Gasteiger partial charge on any atom is 0.243 e. The van der Waals surface area contributed by atoms with Crippen molar-refractivity contribution in [3.8, 4) is 0 Å². The van der Waals surface area contributed by atoms with E-state index >= 15 is 0 Å². The lowest BCUT2D eigenvalue weighted by Crippen LogP contribution is -2.60. The van der Waals surface area contributed by atoms with Crippen molar-refractivity contribution < 1.29 is 38.4 Å². The normalized spacial score (nSPS) is 21.8. The number of aliphatic imine (C=N–C) groups is 2. The number of aromatic amines is 1. The minimum absolute atomic E-state index is 0.00683. The van der Waals surface area contributed by atoms with Crippen molar-refractivity contribution in [3.05, 3.63) is 71.9 Å². The van der Waals surface area contributed by atoms with Gasteiger partial charge in [0, 0.05) is 56.5 Å². The second kappa shape index (κ2) is 26.3. The zero-order chi connectivity index (χ0) is 48.9. The van der Waals surface area contributed by atoms with Gasteiger partial charge in [-0.15, -0.1) is 0 Å². The van der Waals surface area contributed by atoms with Gasteiger partial charge in [0.15, 0.2) is 11.9 Å². The molecule has 2 heterocycles. The number of carbonyl (C=O) groups excluding carboxylic acids is 8. The molecular formula is C44H63N15O8. The first kappa shape index (κ1) is 51.9. The summed E-state index contributed by atoms with van der Waals surface area (Å²) < 4.78 is 0. The second-order valence-electron chi connectivity index (χ2n) is 16.2. The predicted octanol–water partition coefficient (Wildman–Crippen LogP) is -2.84. The fourth-order valence-electron chi connectivity index (χ4n) is 7.39. The van der Waals surface area contributed by atoms with Gasteiger partial charge in [0.05, 0.1) is 6.42 Å². The van der Waals surface area contributed by atoms with Crippen LogP contribution in [0.4, 0.5) is 0 Å². The number of H-pyrrole nitrogens is 1. The number of nitrogens with zero attached hydrogens (tertiary/aromatic N) is 2. The third-order valence-electron chi connectivity index (χ3n) is 10.8. The molecule has 0 bridgehead atoms. The van der Waals surface area contributed by atoms with Gasteiger partial charge in [-0.05, 0) is 62.1 Å². The van der Waals surface area contributed by atoms with Gasteiger partial charge in [-0.1, -0.05) is 48.5 Å². The van der Waals surface area contributed by atoms with Gasteiger partial charge in [0.1, 0.15) is 36.3 Å². The van der Waals surface area contributed by atoms with E-state index in [-0.39, 0.29) is 76.5 Å². The van der Waals surface area contributed by atoms with Crippen molar-refractivity contribution in [1.82, 2.24) is 42.2 Å². The Hall–Kier alpha value is -7.72. The molecule has 6 atom stereocenters.